The molecule has 0 radical (unpaired) electrons. The van der Waals surface area contributed by atoms with E-state index in [1.807, 2.05) is 44.1 Å². The molecule has 4 nitrogen and oxygen atoms in total. The Hall–Kier alpha value is -2.10. The van der Waals surface area contributed by atoms with Gasteiger partial charge >= 0.3 is 0 Å². The standard InChI is InChI=1S/C20H29N3O/c1-6-10-15(2)13-18-19(16(3)21-20(22-18)23(4)5)24-14-17-11-8-7-9-12-17/h7-9,11-12,15H,6,10,13-14H2,1-5H3. The SMILES string of the molecule is CCCC(C)Cc1nc(N(C)C)nc(C)c1OCc1ccccc1. The van der Waals surface area contributed by atoms with Crippen LogP contribution in [0.25, 0.3) is 0 Å². The van der Waals surface area contributed by atoms with Crippen molar-refractivity contribution in [3.8, 4) is 5.75 Å². The molecule has 1 atom stereocenters. The molecular formula is C20H29N3O. The molecule has 0 fully saturated rings. The van der Waals surface area contributed by atoms with Crippen LogP contribution in [0.15, 0.2) is 30.3 Å². The van der Waals surface area contributed by atoms with Crippen molar-refractivity contribution in [1.82, 2.24) is 9.97 Å². The first-order valence-electron chi connectivity index (χ1n) is 8.72. The van der Waals surface area contributed by atoms with E-state index in [0.717, 1.165) is 35.1 Å². The fourth-order valence-electron chi connectivity index (χ4n) is 2.79. The topological polar surface area (TPSA) is 38.2 Å². The van der Waals surface area contributed by atoms with E-state index in [-0.39, 0.29) is 0 Å². The molecule has 0 aliphatic carbocycles. The summed E-state index contributed by atoms with van der Waals surface area (Å²) in [6.45, 7) is 7.04. The molecule has 0 N–H and O–H groups in total. The third-order valence-electron chi connectivity index (χ3n) is 4.04. The molecule has 4 heteroatoms. The Bertz CT molecular complexity index is 641. The second-order valence-corrected chi connectivity index (χ2v) is 6.65. The number of aryl methyl sites for hydroxylation is 1. The van der Waals surface area contributed by atoms with Gasteiger partial charge in [0.05, 0.1) is 11.4 Å². The largest absolute Gasteiger partial charge is 0.485 e. The first kappa shape index (κ1) is 18.2. The van der Waals surface area contributed by atoms with E-state index < -0.39 is 0 Å². The zero-order chi connectivity index (χ0) is 17.5. The Morgan fingerprint density at radius 1 is 1.12 bits per heavy atom. The Balaban J connectivity index is 2.26. The Kier molecular flexibility index (Phi) is 6.59. The monoisotopic (exact) mass is 327 g/mol. The van der Waals surface area contributed by atoms with Gasteiger partial charge in [-0.25, -0.2) is 9.97 Å². The molecule has 0 spiro atoms. The van der Waals surface area contributed by atoms with Gasteiger partial charge in [0.1, 0.15) is 6.61 Å². The fraction of sp³-hybridized carbons (Fsp3) is 0.500. The van der Waals surface area contributed by atoms with Crippen LogP contribution >= 0.6 is 0 Å². The van der Waals surface area contributed by atoms with Crippen molar-refractivity contribution >= 4 is 5.95 Å². The second-order valence-electron chi connectivity index (χ2n) is 6.65. The molecule has 0 amide bonds. The highest BCUT2D eigenvalue weighted by Gasteiger charge is 2.16. The van der Waals surface area contributed by atoms with Crippen LogP contribution in [-0.2, 0) is 13.0 Å². The quantitative estimate of drug-likeness (QED) is 0.720. The number of benzene rings is 1. The average molecular weight is 327 g/mol. The van der Waals surface area contributed by atoms with Gasteiger partial charge in [0.15, 0.2) is 5.75 Å². The van der Waals surface area contributed by atoms with E-state index in [1.54, 1.807) is 0 Å². The first-order valence-corrected chi connectivity index (χ1v) is 8.72. The van der Waals surface area contributed by atoms with E-state index in [2.05, 4.69) is 31.0 Å². The van der Waals surface area contributed by atoms with Gasteiger partial charge in [-0.3, -0.25) is 0 Å². The molecule has 0 bridgehead atoms. The van der Waals surface area contributed by atoms with Gasteiger partial charge < -0.3 is 9.64 Å². The van der Waals surface area contributed by atoms with Crippen LogP contribution in [0.3, 0.4) is 0 Å². The molecule has 1 unspecified atom stereocenters. The lowest BCUT2D eigenvalue weighted by Crippen LogP contribution is -2.16. The molecule has 2 aromatic rings. The lowest BCUT2D eigenvalue weighted by Gasteiger charge is -2.19. The number of hydrogen-bond acceptors (Lipinski definition) is 4. The zero-order valence-electron chi connectivity index (χ0n) is 15.5. The summed E-state index contributed by atoms with van der Waals surface area (Å²) in [6, 6.07) is 10.2. The van der Waals surface area contributed by atoms with Gasteiger partial charge in [-0.1, -0.05) is 57.0 Å². The van der Waals surface area contributed by atoms with Crippen LogP contribution in [0.2, 0.25) is 0 Å². The Morgan fingerprint density at radius 3 is 2.46 bits per heavy atom. The number of ether oxygens (including phenoxy) is 1. The molecular weight excluding hydrogens is 298 g/mol. The minimum absolute atomic E-state index is 0.543. The van der Waals surface area contributed by atoms with Crippen LogP contribution in [0.1, 0.15) is 43.6 Å². The van der Waals surface area contributed by atoms with Crippen molar-refractivity contribution in [3.05, 3.63) is 47.3 Å². The number of anilines is 1. The van der Waals surface area contributed by atoms with Gasteiger partial charge in [-0.2, -0.15) is 0 Å². The van der Waals surface area contributed by atoms with E-state index in [0.29, 0.717) is 12.5 Å². The Labute approximate surface area is 145 Å². The van der Waals surface area contributed by atoms with Gasteiger partial charge in [0.2, 0.25) is 5.95 Å². The predicted octanol–water partition coefficient (Wildman–Crippen LogP) is 4.41. The second kappa shape index (κ2) is 8.67. The zero-order valence-corrected chi connectivity index (χ0v) is 15.5. The average Bonchev–Trinajstić information content (AvgIpc) is 2.55. The molecule has 1 heterocycles. The van der Waals surface area contributed by atoms with Gasteiger partial charge in [0, 0.05) is 14.1 Å². The number of nitrogens with zero attached hydrogens (tertiary/aromatic N) is 3. The van der Waals surface area contributed by atoms with Crippen LogP contribution < -0.4 is 9.64 Å². The van der Waals surface area contributed by atoms with Crippen LogP contribution in [0.4, 0.5) is 5.95 Å². The van der Waals surface area contributed by atoms with Crippen molar-refractivity contribution in [3.63, 3.8) is 0 Å². The summed E-state index contributed by atoms with van der Waals surface area (Å²) in [5.74, 6) is 2.17. The number of rotatable bonds is 8. The lowest BCUT2D eigenvalue weighted by atomic mass is 9.99. The van der Waals surface area contributed by atoms with Crippen LogP contribution in [-0.4, -0.2) is 24.1 Å². The van der Waals surface area contributed by atoms with E-state index >= 15 is 0 Å². The van der Waals surface area contributed by atoms with Gasteiger partial charge in [-0.15, -0.1) is 0 Å². The highest BCUT2D eigenvalue weighted by Crippen LogP contribution is 2.27. The van der Waals surface area contributed by atoms with E-state index in [4.69, 9.17) is 9.72 Å². The summed E-state index contributed by atoms with van der Waals surface area (Å²) in [4.78, 5) is 11.3. The van der Waals surface area contributed by atoms with Crippen molar-refractivity contribution in [2.45, 2.75) is 46.6 Å². The first-order chi connectivity index (χ1) is 11.5. The third kappa shape index (κ3) is 4.95. The highest BCUT2D eigenvalue weighted by atomic mass is 16.5. The van der Waals surface area contributed by atoms with Gasteiger partial charge in [-0.05, 0) is 24.8 Å². The summed E-state index contributed by atoms with van der Waals surface area (Å²) in [5.41, 5.74) is 3.08. The van der Waals surface area contributed by atoms with Crippen molar-refractivity contribution < 1.29 is 4.74 Å². The minimum atomic E-state index is 0.543. The highest BCUT2D eigenvalue weighted by molar-refractivity contribution is 5.40. The van der Waals surface area contributed by atoms with Crippen molar-refractivity contribution in [2.75, 3.05) is 19.0 Å². The summed E-state index contributed by atoms with van der Waals surface area (Å²) < 4.78 is 6.12. The maximum Gasteiger partial charge on any atom is 0.225 e. The van der Waals surface area contributed by atoms with Crippen LogP contribution in [0, 0.1) is 12.8 Å². The predicted molar refractivity (Wildman–Crippen MR) is 99.6 cm³/mol. The molecule has 1 aromatic heterocycles. The molecule has 1 aromatic carbocycles. The van der Waals surface area contributed by atoms with E-state index in [1.165, 1.54) is 12.8 Å². The normalized spacial score (nSPS) is 12.0. The van der Waals surface area contributed by atoms with Crippen molar-refractivity contribution in [1.29, 1.82) is 0 Å². The summed E-state index contributed by atoms with van der Waals surface area (Å²) in [7, 11) is 3.94. The number of aromatic nitrogens is 2. The lowest BCUT2D eigenvalue weighted by molar-refractivity contribution is 0.295. The Morgan fingerprint density at radius 2 is 1.83 bits per heavy atom. The maximum absolute atomic E-state index is 6.12. The molecule has 0 saturated heterocycles. The van der Waals surface area contributed by atoms with Crippen LogP contribution in [0.5, 0.6) is 5.75 Å². The molecule has 0 aliphatic rings. The molecule has 0 aliphatic heterocycles. The fourth-order valence-corrected chi connectivity index (χ4v) is 2.79. The molecule has 0 saturated carbocycles. The van der Waals surface area contributed by atoms with Crippen molar-refractivity contribution in [2.24, 2.45) is 5.92 Å². The van der Waals surface area contributed by atoms with E-state index in [9.17, 15) is 0 Å². The molecule has 130 valence electrons. The smallest absolute Gasteiger partial charge is 0.225 e. The summed E-state index contributed by atoms with van der Waals surface area (Å²) >= 11 is 0. The minimum Gasteiger partial charge on any atom is -0.485 e. The van der Waals surface area contributed by atoms with Gasteiger partial charge in [0.25, 0.3) is 0 Å². The third-order valence-corrected chi connectivity index (χ3v) is 4.04. The summed E-state index contributed by atoms with van der Waals surface area (Å²) in [6.07, 6.45) is 3.30. The molecule has 24 heavy (non-hydrogen) atoms. The summed E-state index contributed by atoms with van der Waals surface area (Å²) in [5, 5.41) is 0. The molecule has 2 rings (SSSR count). The number of hydrogen-bond donors (Lipinski definition) is 0. The maximum atomic E-state index is 6.12.